The van der Waals surface area contributed by atoms with Gasteiger partial charge in [0, 0.05) is 29.6 Å². The maximum Gasteiger partial charge on any atom is 0.0507 e. The molecule has 0 unspecified atom stereocenters. The van der Waals surface area contributed by atoms with E-state index < -0.39 is 0 Å². The van der Waals surface area contributed by atoms with Crippen LogP contribution in [0.15, 0.2) is 36.7 Å². The Labute approximate surface area is 95.5 Å². The fourth-order valence-electron chi connectivity index (χ4n) is 1.56. The lowest BCUT2D eigenvalue weighted by molar-refractivity contribution is 0.870. The van der Waals surface area contributed by atoms with Crippen molar-refractivity contribution in [3.05, 3.63) is 42.2 Å². The van der Waals surface area contributed by atoms with E-state index in [-0.39, 0.29) is 0 Å². The Bertz CT molecular complexity index is 530. The molecule has 2 N–H and O–H groups in total. The molecule has 0 spiro atoms. The van der Waals surface area contributed by atoms with Crippen LogP contribution >= 0.6 is 0 Å². The normalized spacial score (nSPS) is 9.81. The highest BCUT2D eigenvalue weighted by atomic mass is 14.6. The van der Waals surface area contributed by atoms with Gasteiger partial charge in [0.05, 0.1) is 5.56 Å². The van der Waals surface area contributed by atoms with Gasteiger partial charge in [-0.15, -0.1) is 0 Å². The molecule has 0 aliphatic heterocycles. The van der Waals surface area contributed by atoms with Crippen molar-refractivity contribution in [1.29, 1.82) is 0 Å². The lowest BCUT2D eigenvalue weighted by atomic mass is 10.1. The predicted octanol–water partition coefficient (Wildman–Crippen LogP) is 2.33. The fraction of sp³-hybridized carbons (Fsp3) is 0.214. The number of rotatable bonds is 2. The number of benzene rings is 1. The predicted molar refractivity (Wildman–Crippen MR) is 66.9 cm³/mol. The van der Waals surface area contributed by atoms with Crippen molar-refractivity contribution in [2.75, 3.05) is 6.54 Å². The third-order valence-corrected chi connectivity index (χ3v) is 2.40. The molecule has 16 heavy (non-hydrogen) atoms. The summed E-state index contributed by atoms with van der Waals surface area (Å²) in [6.07, 6.45) is 5.48. The molecule has 0 saturated carbocycles. The number of aromatic nitrogens is 1. The van der Waals surface area contributed by atoms with E-state index in [9.17, 15) is 0 Å². The second-order valence-electron chi connectivity index (χ2n) is 3.60. The molecule has 80 valence electrons. The maximum absolute atomic E-state index is 5.42. The van der Waals surface area contributed by atoms with Crippen LogP contribution in [0.25, 0.3) is 10.8 Å². The maximum atomic E-state index is 5.42. The van der Waals surface area contributed by atoms with Crippen molar-refractivity contribution in [3.63, 3.8) is 0 Å². The Kier molecular flexibility index (Phi) is 3.53. The number of hydrogen-bond acceptors (Lipinski definition) is 2. The summed E-state index contributed by atoms with van der Waals surface area (Å²) in [7, 11) is 0. The van der Waals surface area contributed by atoms with Gasteiger partial charge >= 0.3 is 0 Å². The molecule has 0 bridgehead atoms. The first kappa shape index (κ1) is 10.7. The summed E-state index contributed by atoms with van der Waals surface area (Å²) in [5.74, 6) is 6.28. The second-order valence-corrected chi connectivity index (χ2v) is 3.60. The summed E-state index contributed by atoms with van der Waals surface area (Å²) >= 11 is 0. The highest BCUT2D eigenvalue weighted by molar-refractivity contribution is 5.87. The SMILES string of the molecule is NCCCC#Cc1cncc2ccccc12. The zero-order valence-electron chi connectivity index (χ0n) is 9.11. The van der Waals surface area contributed by atoms with E-state index in [2.05, 4.69) is 22.9 Å². The zero-order valence-corrected chi connectivity index (χ0v) is 9.11. The van der Waals surface area contributed by atoms with Crippen LogP contribution < -0.4 is 5.73 Å². The smallest absolute Gasteiger partial charge is 0.0507 e. The van der Waals surface area contributed by atoms with Gasteiger partial charge in [0.1, 0.15) is 0 Å². The van der Waals surface area contributed by atoms with Crippen molar-refractivity contribution >= 4 is 10.8 Å². The summed E-state index contributed by atoms with van der Waals surface area (Å²) in [6.45, 7) is 0.697. The van der Waals surface area contributed by atoms with Crippen LogP contribution in [-0.4, -0.2) is 11.5 Å². The van der Waals surface area contributed by atoms with E-state index in [0.29, 0.717) is 6.54 Å². The Morgan fingerprint density at radius 1 is 1.19 bits per heavy atom. The highest BCUT2D eigenvalue weighted by Gasteiger charge is 1.96. The second kappa shape index (κ2) is 5.29. The summed E-state index contributed by atoms with van der Waals surface area (Å²) in [5.41, 5.74) is 6.41. The van der Waals surface area contributed by atoms with Crippen molar-refractivity contribution in [2.24, 2.45) is 5.73 Å². The number of pyridine rings is 1. The van der Waals surface area contributed by atoms with Crippen molar-refractivity contribution < 1.29 is 0 Å². The number of hydrogen-bond donors (Lipinski definition) is 1. The quantitative estimate of drug-likeness (QED) is 0.610. The average molecular weight is 210 g/mol. The molecule has 2 rings (SSSR count). The first-order valence-electron chi connectivity index (χ1n) is 5.43. The Balaban J connectivity index is 2.32. The van der Waals surface area contributed by atoms with E-state index >= 15 is 0 Å². The molecule has 0 aliphatic rings. The monoisotopic (exact) mass is 210 g/mol. The average Bonchev–Trinajstić information content (AvgIpc) is 2.35. The summed E-state index contributed by atoms with van der Waals surface area (Å²) < 4.78 is 0. The summed E-state index contributed by atoms with van der Waals surface area (Å²) in [6, 6.07) is 8.15. The Morgan fingerprint density at radius 3 is 2.94 bits per heavy atom. The Morgan fingerprint density at radius 2 is 2.06 bits per heavy atom. The van der Waals surface area contributed by atoms with E-state index in [1.54, 1.807) is 0 Å². The van der Waals surface area contributed by atoms with Crippen LogP contribution in [0.5, 0.6) is 0 Å². The standard InChI is InChI=1S/C14H14N2/c15-9-5-1-2-6-12-10-16-11-13-7-3-4-8-14(12)13/h3-4,7-8,10-11H,1,5,9,15H2. The number of fused-ring (bicyclic) bond motifs is 1. The molecule has 2 heteroatoms. The van der Waals surface area contributed by atoms with Crippen LogP contribution in [0.3, 0.4) is 0 Å². The van der Waals surface area contributed by atoms with Crippen LogP contribution in [-0.2, 0) is 0 Å². The van der Waals surface area contributed by atoms with Gasteiger partial charge in [-0.2, -0.15) is 0 Å². The van der Waals surface area contributed by atoms with E-state index in [0.717, 1.165) is 29.2 Å². The molecule has 2 nitrogen and oxygen atoms in total. The van der Waals surface area contributed by atoms with Crippen LogP contribution in [0.4, 0.5) is 0 Å². The molecule has 0 fully saturated rings. The first-order chi connectivity index (χ1) is 7.92. The van der Waals surface area contributed by atoms with Gasteiger partial charge in [-0.3, -0.25) is 4.98 Å². The minimum absolute atomic E-state index is 0.697. The van der Waals surface area contributed by atoms with Gasteiger partial charge in [-0.1, -0.05) is 36.1 Å². The van der Waals surface area contributed by atoms with Gasteiger partial charge in [-0.25, -0.2) is 0 Å². The van der Waals surface area contributed by atoms with Crippen LogP contribution in [0, 0.1) is 11.8 Å². The largest absolute Gasteiger partial charge is 0.330 e. The number of nitrogens with zero attached hydrogens (tertiary/aromatic N) is 1. The Hall–Kier alpha value is -1.85. The summed E-state index contributed by atoms with van der Waals surface area (Å²) in [5, 5.41) is 2.30. The van der Waals surface area contributed by atoms with E-state index in [1.807, 2.05) is 30.6 Å². The molecular formula is C14H14N2. The van der Waals surface area contributed by atoms with Gasteiger partial charge in [-0.05, 0) is 13.0 Å². The van der Waals surface area contributed by atoms with Crippen molar-refractivity contribution in [2.45, 2.75) is 12.8 Å². The first-order valence-corrected chi connectivity index (χ1v) is 5.43. The lowest BCUT2D eigenvalue weighted by Crippen LogP contribution is -1.96. The molecule has 0 aliphatic carbocycles. The number of nitrogens with two attached hydrogens (primary N) is 1. The van der Waals surface area contributed by atoms with Gasteiger partial charge < -0.3 is 5.73 Å². The highest BCUT2D eigenvalue weighted by Crippen LogP contribution is 2.15. The van der Waals surface area contributed by atoms with Gasteiger partial charge in [0.2, 0.25) is 0 Å². The molecule has 0 amide bonds. The molecule has 1 aromatic carbocycles. The topological polar surface area (TPSA) is 38.9 Å². The molecule has 1 heterocycles. The van der Waals surface area contributed by atoms with Crippen LogP contribution in [0.1, 0.15) is 18.4 Å². The summed E-state index contributed by atoms with van der Waals surface area (Å²) in [4.78, 5) is 4.18. The molecular weight excluding hydrogens is 196 g/mol. The minimum Gasteiger partial charge on any atom is -0.330 e. The molecule has 1 aromatic heterocycles. The molecule has 0 atom stereocenters. The fourth-order valence-corrected chi connectivity index (χ4v) is 1.56. The van der Waals surface area contributed by atoms with Gasteiger partial charge in [0.25, 0.3) is 0 Å². The van der Waals surface area contributed by atoms with E-state index in [4.69, 9.17) is 5.73 Å². The minimum atomic E-state index is 0.697. The molecule has 0 radical (unpaired) electrons. The zero-order chi connectivity index (χ0) is 11.2. The van der Waals surface area contributed by atoms with Gasteiger partial charge in [0.15, 0.2) is 0 Å². The third-order valence-electron chi connectivity index (χ3n) is 2.40. The molecule has 0 saturated heterocycles. The lowest BCUT2D eigenvalue weighted by Gasteiger charge is -1.98. The molecule has 2 aromatic rings. The third kappa shape index (κ3) is 2.39. The number of unbranched alkanes of at least 4 members (excludes halogenated alkanes) is 1. The van der Waals surface area contributed by atoms with E-state index in [1.165, 1.54) is 0 Å². The van der Waals surface area contributed by atoms with Crippen LogP contribution in [0.2, 0.25) is 0 Å². The van der Waals surface area contributed by atoms with Crippen molar-refractivity contribution in [3.8, 4) is 11.8 Å². The van der Waals surface area contributed by atoms with Crippen molar-refractivity contribution in [1.82, 2.24) is 4.98 Å².